The fraction of sp³-hybridized carbons (Fsp3) is 0.800. The van der Waals surface area contributed by atoms with Crippen LogP contribution in [0.15, 0.2) is 12.3 Å². The van der Waals surface area contributed by atoms with Gasteiger partial charge < -0.3 is 0 Å². The molecule has 98 valence electrons. The van der Waals surface area contributed by atoms with Crippen molar-refractivity contribution >= 4 is 14.0 Å². The van der Waals surface area contributed by atoms with Gasteiger partial charge in [-0.15, -0.1) is 0 Å². The number of allylic oxidation sites excluding steroid dienone is 1. The second kappa shape index (κ2) is 7.21. The summed E-state index contributed by atoms with van der Waals surface area (Å²) in [5.74, 6) is 1.71. The lowest BCUT2D eigenvalue weighted by Gasteiger charge is -2.16. The largest absolute Gasteiger partial charge is 0.205 e. The second-order valence-corrected chi connectivity index (χ2v) is 7.83. The first-order valence-electron chi connectivity index (χ1n) is 7.04. The van der Waals surface area contributed by atoms with Gasteiger partial charge in [-0.1, -0.05) is 46.6 Å². The maximum atomic E-state index is 4.26. The lowest BCUT2D eigenvalue weighted by atomic mass is 9.97. The average Bonchev–Trinajstić information content (AvgIpc) is 2.55. The Labute approximate surface area is 109 Å². The minimum Gasteiger partial charge on any atom is -0.205 e. The van der Waals surface area contributed by atoms with E-state index in [0.29, 0.717) is 0 Å². The summed E-state index contributed by atoms with van der Waals surface area (Å²) in [5, 5.41) is 0. The van der Waals surface area contributed by atoms with Crippen molar-refractivity contribution in [2.24, 2.45) is 11.8 Å². The van der Waals surface area contributed by atoms with Gasteiger partial charge in [-0.2, -0.15) is 0 Å². The van der Waals surface area contributed by atoms with Crippen molar-refractivity contribution in [2.45, 2.75) is 52.9 Å². The van der Waals surface area contributed by atoms with Crippen molar-refractivity contribution in [1.82, 2.24) is 4.67 Å². The van der Waals surface area contributed by atoms with Gasteiger partial charge in [-0.25, -0.2) is 4.67 Å². The molecule has 17 heavy (non-hydrogen) atoms. The molecule has 1 heterocycles. The summed E-state index contributed by atoms with van der Waals surface area (Å²) in [4.78, 5) is 0. The van der Waals surface area contributed by atoms with E-state index in [-0.39, 0.29) is 7.70 Å². The number of hydrogen-bond donors (Lipinski definition) is 0. The molecule has 0 amide bonds. The predicted octanol–water partition coefficient (Wildman–Crippen LogP) is 4.89. The lowest BCUT2D eigenvalue weighted by molar-refractivity contribution is 0.404. The third kappa shape index (κ3) is 5.25. The summed E-state index contributed by atoms with van der Waals surface area (Å²) < 4.78 is 2.48. The zero-order chi connectivity index (χ0) is 12.8. The Morgan fingerprint density at radius 2 is 1.94 bits per heavy atom. The van der Waals surface area contributed by atoms with Crippen molar-refractivity contribution in [1.29, 1.82) is 0 Å². The van der Waals surface area contributed by atoms with Gasteiger partial charge in [0.1, 0.15) is 6.16 Å². The van der Waals surface area contributed by atoms with E-state index in [0.717, 1.165) is 11.8 Å². The Kier molecular flexibility index (Phi) is 6.27. The van der Waals surface area contributed by atoms with Crippen LogP contribution in [0.4, 0.5) is 0 Å². The van der Waals surface area contributed by atoms with Gasteiger partial charge in [0.2, 0.25) is 7.70 Å². The van der Waals surface area contributed by atoms with Crippen LogP contribution in [-0.4, -0.2) is 23.7 Å². The van der Waals surface area contributed by atoms with Crippen molar-refractivity contribution in [3.63, 3.8) is 0 Å². The van der Waals surface area contributed by atoms with E-state index in [2.05, 4.69) is 38.3 Å². The van der Waals surface area contributed by atoms with E-state index < -0.39 is 0 Å². The van der Waals surface area contributed by atoms with Crippen molar-refractivity contribution in [2.75, 3.05) is 12.7 Å². The summed E-state index contributed by atoms with van der Waals surface area (Å²) in [6, 6.07) is 0. The van der Waals surface area contributed by atoms with E-state index >= 15 is 0 Å². The summed E-state index contributed by atoms with van der Waals surface area (Å²) in [6.45, 7) is 12.4. The molecule has 2 heteroatoms. The van der Waals surface area contributed by atoms with E-state index in [4.69, 9.17) is 0 Å². The fourth-order valence-corrected chi connectivity index (χ4v) is 4.02. The van der Waals surface area contributed by atoms with Crippen LogP contribution < -0.4 is 0 Å². The monoisotopic (exact) mass is 254 g/mol. The summed E-state index contributed by atoms with van der Waals surface area (Å²) >= 11 is 0. The van der Waals surface area contributed by atoms with Crippen molar-refractivity contribution in [3.05, 3.63) is 12.3 Å². The standard InChI is InChI=1S/C15H29NP/c1-13(2)7-6-8-14(3)9-11-16-15(4)10-12-17(16)5/h13-14H,4-12H2,1-3H3/q+1. The van der Waals surface area contributed by atoms with Gasteiger partial charge in [0.05, 0.1) is 18.5 Å². The van der Waals surface area contributed by atoms with E-state index in [1.165, 1.54) is 50.5 Å². The minimum absolute atomic E-state index is 0.138. The molecule has 2 unspecified atom stereocenters. The van der Waals surface area contributed by atoms with Crippen LogP contribution in [0.3, 0.4) is 0 Å². The highest BCUT2D eigenvalue weighted by molar-refractivity contribution is 7.53. The molecule has 0 aliphatic carbocycles. The molecule has 0 N–H and O–H groups in total. The topological polar surface area (TPSA) is 3.24 Å². The molecule has 1 rings (SSSR count). The van der Waals surface area contributed by atoms with Crippen LogP contribution in [0.1, 0.15) is 52.9 Å². The van der Waals surface area contributed by atoms with Crippen LogP contribution >= 0.6 is 7.70 Å². The predicted molar refractivity (Wildman–Crippen MR) is 81.8 cm³/mol. The van der Waals surface area contributed by atoms with Crippen LogP contribution in [0, 0.1) is 11.8 Å². The Balaban J connectivity index is 2.17. The highest BCUT2D eigenvalue weighted by Crippen LogP contribution is 2.40. The van der Waals surface area contributed by atoms with Gasteiger partial charge in [0, 0.05) is 6.42 Å². The van der Waals surface area contributed by atoms with Gasteiger partial charge in [-0.3, -0.25) is 0 Å². The SMILES string of the molecule is C=C1CC[P+](=C)N1CCC(C)CCCC(C)C. The first-order chi connectivity index (χ1) is 8.00. The van der Waals surface area contributed by atoms with Crippen molar-refractivity contribution in [3.8, 4) is 0 Å². The number of rotatable bonds is 7. The molecule has 0 aromatic heterocycles. The molecule has 1 fully saturated rings. The van der Waals surface area contributed by atoms with Gasteiger partial charge in [-0.05, 0) is 18.3 Å². The maximum Gasteiger partial charge on any atom is 0.203 e. The van der Waals surface area contributed by atoms with Crippen LogP contribution in [0.25, 0.3) is 0 Å². The molecule has 1 aliphatic heterocycles. The third-order valence-electron chi connectivity index (χ3n) is 3.68. The Morgan fingerprint density at radius 3 is 2.47 bits per heavy atom. The number of nitrogens with zero attached hydrogens (tertiary/aromatic N) is 1. The minimum atomic E-state index is -0.138. The lowest BCUT2D eigenvalue weighted by Crippen LogP contribution is -2.14. The molecular weight excluding hydrogens is 225 g/mol. The molecule has 2 atom stereocenters. The maximum absolute atomic E-state index is 4.26. The molecule has 0 aromatic rings. The van der Waals surface area contributed by atoms with Gasteiger partial charge >= 0.3 is 0 Å². The Hall–Kier alpha value is -0.290. The zero-order valence-electron chi connectivity index (χ0n) is 11.9. The van der Waals surface area contributed by atoms with Crippen LogP contribution in [0.2, 0.25) is 0 Å². The molecular formula is C15H29NP+. The molecule has 1 saturated heterocycles. The van der Waals surface area contributed by atoms with Gasteiger partial charge in [0.15, 0.2) is 0 Å². The number of hydrogen-bond acceptors (Lipinski definition) is 1. The van der Waals surface area contributed by atoms with Crippen LogP contribution in [-0.2, 0) is 0 Å². The normalized spacial score (nSPS) is 20.4. The quantitative estimate of drug-likeness (QED) is 0.585. The van der Waals surface area contributed by atoms with E-state index in [1.807, 2.05) is 0 Å². The van der Waals surface area contributed by atoms with Crippen molar-refractivity contribution < 1.29 is 0 Å². The first kappa shape index (κ1) is 14.8. The third-order valence-corrected chi connectivity index (χ3v) is 5.58. The highest BCUT2D eigenvalue weighted by Gasteiger charge is 2.28. The molecule has 1 nitrogen and oxygen atoms in total. The summed E-state index contributed by atoms with van der Waals surface area (Å²) in [7, 11) is -0.138. The molecule has 0 bridgehead atoms. The fourth-order valence-electron chi connectivity index (χ4n) is 2.37. The second-order valence-electron chi connectivity index (χ2n) is 5.89. The highest BCUT2D eigenvalue weighted by atomic mass is 31.1. The summed E-state index contributed by atoms with van der Waals surface area (Å²) in [6.07, 6.45) is 12.2. The van der Waals surface area contributed by atoms with E-state index in [9.17, 15) is 0 Å². The first-order valence-corrected chi connectivity index (χ1v) is 8.70. The molecule has 1 aliphatic rings. The van der Waals surface area contributed by atoms with E-state index in [1.54, 1.807) is 0 Å². The van der Waals surface area contributed by atoms with Gasteiger partial charge in [0.25, 0.3) is 0 Å². The summed E-state index contributed by atoms with van der Waals surface area (Å²) in [5.41, 5.74) is 1.33. The van der Waals surface area contributed by atoms with Crippen LogP contribution in [0.5, 0.6) is 0 Å². The molecule has 0 radical (unpaired) electrons. The molecule has 0 spiro atoms. The average molecular weight is 254 g/mol. The molecule has 0 saturated carbocycles. The molecule has 0 aromatic carbocycles. The smallest absolute Gasteiger partial charge is 0.203 e. The zero-order valence-corrected chi connectivity index (χ0v) is 12.8. The Morgan fingerprint density at radius 1 is 1.24 bits per heavy atom. The Bertz CT molecular complexity index is 254.